The lowest BCUT2D eigenvalue weighted by Crippen LogP contribution is -2.45. The van der Waals surface area contributed by atoms with Gasteiger partial charge in [0.15, 0.2) is 0 Å². The Morgan fingerprint density at radius 3 is 2.54 bits per heavy atom. The van der Waals surface area contributed by atoms with Gasteiger partial charge in [-0.2, -0.15) is 0 Å². The summed E-state index contributed by atoms with van der Waals surface area (Å²) < 4.78 is 0. The van der Waals surface area contributed by atoms with Crippen molar-refractivity contribution in [1.29, 1.82) is 0 Å². The average Bonchev–Trinajstić information content (AvgIpc) is 2.57. The van der Waals surface area contributed by atoms with Gasteiger partial charge >= 0.3 is 0 Å². The number of Topliss-reactive ketones (excluding diaryl/α,β-unsaturated/α-hetero) is 1. The molecule has 0 aliphatic heterocycles. The van der Waals surface area contributed by atoms with Crippen LogP contribution < -0.4 is 16.8 Å². The van der Waals surface area contributed by atoms with Crippen LogP contribution in [0.4, 0.5) is 0 Å². The van der Waals surface area contributed by atoms with Crippen molar-refractivity contribution >= 4 is 34.4 Å². The Balaban J connectivity index is 2.10. The molecule has 0 bridgehead atoms. The summed E-state index contributed by atoms with van der Waals surface area (Å²) in [7, 11) is 0. The van der Waals surface area contributed by atoms with E-state index in [0.29, 0.717) is 5.52 Å². The van der Waals surface area contributed by atoms with Crippen molar-refractivity contribution in [2.24, 2.45) is 11.5 Å². The van der Waals surface area contributed by atoms with E-state index in [1.165, 1.54) is 6.07 Å². The SMILES string of the molecule is NC(=O)C(=O)CCC(NC(=O)c1ccc2cnccc2n1)C(N)=O. The van der Waals surface area contributed by atoms with E-state index in [2.05, 4.69) is 15.3 Å². The number of pyridine rings is 2. The van der Waals surface area contributed by atoms with Crippen LogP contribution in [0.15, 0.2) is 30.6 Å². The lowest BCUT2D eigenvalue weighted by molar-refractivity contribution is -0.136. The highest BCUT2D eigenvalue weighted by Gasteiger charge is 2.22. The molecule has 0 aromatic carbocycles. The van der Waals surface area contributed by atoms with E-state index >= 15 is 0 Å². The molecule has 0 aliphatic carbocycles. The summed E-state index contributed by atoms with van der Waals surface area (Å²) in [5.41, 5.74) is 10.7. The first-order valence-corrected chi connectivity index (χ1v) is 7.02. The van der Waals surface area contributed by atoms with Gasteiger partial charge in [0.2, 0.25) is 11.7 Å². The van der Waals surface area contributed by atoms with Crippen LogP contribution in [0.3, 0.4) is 0 Å². The van der Waals surface area contributed by atoms with E-state index < -0.39 is 29.5 Å². The molecule has 24 heavy (non-hydrogen) atoms. The maximum Gasteiger partial charge on any atom is 0.284 e. The molecule has 2 aromatic rings. The normalized spacial score (nSPS) is 11.7. The third-order valence-corrected chi connectivity index (χ3v) is 3.31. The Kier molecular flexibility index (Phi) is 5.15. The first kappa shape index (κ1) is 17.0. The van der Waals surface area contributed by atoms with E-state index in [4.69, 9.17) is 11.5 Å². The minimum absolute atomic E-state index is 0.0844. The first-order valence-electron chi connectivity index (χ1n) is 7.02. The Morgan fingerprint density at radius 2 is 1.88 bits per heavy atom. The number of carbonyl (C=O) groups excluding carboxylic acids is 4. The minimum atomic E-state index is -1.12. The lowest BCUT2D eigenvalue weighted by Gasteiger charge is -2.14. The van der Waals surface area contributed by atoms with Gasteiger partial charge in [0.25, 0.3) is 11.8 Å². The quantitative estimate of drug-likeness (QED) is 0.555. The molecule has 2 aromatic heterocycles. The highest BCUT2D eigenvalue weighted by Crippen LogP contribution is 2.10. The molecule has 9 nitrogen and oxygen atoms in total. The number of primary amides is 2. The molecule has 2 heterocycles. The number of nitrogens with zero attached hydrogens (tertiary/aromatic N) is 2. The van der Waals surface area contributed by atoms with Crippen molar-refractivity contribution in [3.05, 3.63) is 36.3 Å². The number of fused-ring (bicyclic) bond motifs is 1. The predicted molar refractivity (Wildman–Crippen MR) is 83.4 cm³/mol. The standard InChI is InChI=1S/C15H15N5O4/c16-13(22)10(3-4-12(21)14(17)23)20-15(24)11-2-1-8-7-18-6-5-9(8)19-11/h1-2,5-7,10H,3-4H2,(H2,16,22)(H2,17,23)(H,20,24). The van der Waals surface area contributed by atoms with Crippen LogP contribution in [-0.2, 0) is 14.4 Å². The van der Waals surface area contributed by atoms with E-state index in [1.54, 1.807) is 24.5 Å². The van der Waals surface area contributed by atoms with Crippen LogP contribution in [0.2, 0.25) is 0 Å². The lowest BCUT2D eigenvalue weighted by atomic mass is 10.1. The topological polar surface area (TPSA) is 158 Å². The first-order chi connectivity index (χ1) is 11.4. The molecule has 9 heteroatoms. The van der Waals surface area contributed by atoms with Gasteiger partial charge in [-0.3, -0.25) is 24.2 Å². The molecule has 0 fully saturated rings. The number of ketones is 1. The largest absolute Gasteiger partial charge is 0.368 e. The molecule has 0 radical (unpaired) electrons. The van der Waals surface area contributed by atoms with Crippen LogP contribution in [0.5, 0.6) is 0 Å². The Bertz CT molecular complexity index is 820. The zero-order valence-electron chi connectivity index (χ0n) is 12.6. The Morgan fingerprint density at radius 1 is 1.12 bits per heavy atom. The number of carbonyl (C=O) groups is 4. The summed E-state index contributed by atoms with van der Waals surface area (Å²) in [4.78, 5) is 53.6. The molecule has 5 N–H and O–H groups in total. The summed E-state index contributed by atoms with van der Waals surface area (Å²) in [5, 5.41) is 3.15. The monoisotopic (exact) mass is 329 g/mol. The number of hydrogen-bond acceptors (Lipinski definition) is 6. The summed E-state index contributed by atoms with van der Waals surface area (Å²) in [5.74, 6) is -3.39. The van der Waals surface area contributed by atoms with Gasteiger partial charge < -0.3 is 16.8 Å². The number of aromatic nitrogens is 2. The minimum Gasteiger partial charge on any atom is -0.368 e. The van der Waals surface area contributed by atoms with E-state index in [9.17, 15) is 19.2 Å². The Hall–Kier alpha value is -3.36. The molecule has 124 valence electrons. The Labute approximate surface area is 136 Å². The van der Waals surface area contributed by atoms with Crippen LogP contribution in [0.25, 0.3) is 10.9 Å². The smallest absolute Gasteiger partial charge is 0.284 e. The summed E-state index contributed by atoms with van der Waals surface area (Å²) in [6.45, 7) is 0. The van der Waals surface area contributed by atoms with Crippen LogP contribution in [0.1, 0.15) is 23.3 Å². The molecular weight excluding hydrogens is 314 g/mol. The maximum atomic E-state index is 12.2. The van der Waals surface area contributed by atoms with Crippen LogP contribution >= 0.6 is 0 Å². The maximum absolute atomic E-state index is 12.2. The second kappa shape index (κ2) is 7.27. The van der Waals surface area contributed by atoms with E-state index in [1.807, 2.05) is 0 Å². The summed E-state index contributed by atoms with van der Waals surface area (Å²) in [6, 6.07) is 3.67. The van der Waals surface area contributed by atoms with Crippen LogP contribution in [-0.4, -0.2) is 39.5 Å². The molecule has 0 spiro atoms. The number of hydrogen-bond donors (Lipinski definition) is 3. The fourth-order valence-electron chi connectivity index (χ4n) is 2.01. The van der Waals surface area contributed by atoms with Gasteiger partial charge in [0.05, 0.1) is 5.52 Å². The predicted octanol–water partition coefficient (Wildman–Crippen LogP) is -0.952. The van der Waals surface area contributed by atoms with Gasteiger partial charge in [0, 0.05) is 24.2 Å². The van der Waals surface area contributed by atoms with Crippen molar-refractivity contribution < 1.29 is 19.2 Å². The molecule has 2 rings (SSSR count). The molecule has 0 saturated carbocycles. The number of amides is 3. The van der Waals surface area contributed by atoms with Gasteiger partial charge in [0.1, 0.15) is 11.7 Å². The van der Waals surface area contributed by atoms with E-state index in [0.717, 1.165) is 5.39 Å². The molecule has 3 amide bonds. The molecule has 0 saturated heterocycles. The summed E-state index contributed by atoms with van der Waals surface area (Å²) in [6.07, 6.45) is 2.73. The van der Waals surface area contributed by atoms with Crippen molar-refractivity contribution in [1.82, 2.24) is 15.3 Å². The van der Waals surface area contributed by atoms with Crippen molar-refractivity contribution in [3.63, 3.8) is 0 Å². The number of nitrogens with one attached hydrogen (secondary N) is 1. The highest BCUT2D eigenvalue weighted by atomic mass is 16.2. The zero-order valence-corrected chi connectivity index (χ0v) is 12.6. The van der Waals surface area contributed by atoms with Crippen molar-refractivity contribution in [2.45, 2.75) is 18.9 Å². The second-order valence-corrected chi connectivity index (χ2v) is 5.02. The van der Waals surface area contributed by atoms with Gasteiger partial charge in [-0.1, -0.05) is 0 Å². The molecule has 1 atom stereocenters. The highest BCUT2D eigenvalue weighted by molar-refractivity contribution is 6.35. The molecular formula is C15H15N5O4. The zero-order chi connectivity index (χ0) is 17.7. The van der Waals surface area contributed by atoms with Gasteiger partial charge in [-0.05, 0) is 24.6 Å². The second-order valence-electron chi connectivity index (χ2n) is 5.02. The third-order valence-electron chi connectivity index (χ3n) is 3.31. The van der Waals surface area contributed by atoms with Crippen molar-refractivity contribution in [2.75, 3.05) is 0 Å². The third kappa shape index (κ3) is 4.09. The van der Waals surface area contributed by atoms with Gasteiger partial charge in [-0.15, -0.1) is 0 Å². The summed E-state index contributed by atoms with van der Waals surface area (Å²) >= 11 is 0. The number of rotatable bonds is 7. The number of nitrogens with two attached hydrogens (primary N) is 2. The van der Waals surface area contributed by atoms with Crippen LogP contribution in [0, 0.1) is 0 Å². The molecule has 1 unspecified atom stereocenters. The van der Waals surface area contributed by atoms with E-state index in [-0.39, 0.29) is 18.5 Å². The fraction of sp³-hybridized carbons (Fsp3) is 0.200. The fourth-order valence-corrected chi connectivity index (χ4v) is 2.01. The van der Waals surface area contributed by atoms with Crippen molar-refractivity contribution in [3.8, 4) is 0 Å². The molecule has 0 aliphatic rings. The van der Waals surface area contributed by atoms with Gasteiger partial charge in [-0.25, -0.2) is 4.98 Å². The average molecular weight is 329 g/mol.